The van der Waals surface area contributed by atoms with Gasteiger partial charge in [0.05, 0.1) is 20.8 Å². The fourth-order valence-electron chi connectivity index (χ4n) is 5.10. The number of methoxy groups -OCH3 is 2. The van der Waals surface area contributed by atoms with E-state index >= 15 is 0 Å². The second-order valence-electron chi connectivity index (χ2n) is 8.70. The van der Waals surface area contributed by atoms with Crippen LogP contribution in [0.4, 0.5) is 0 Å². The number of nitrogens with zero attached hydrogens (tertiary/aromatic N) is 2. The lowest BCUT2D eigenvalue weighted by molar-refractivity contribution is -0.136. The Hall–Kier alpha value is -2.28. The Balaban J connectivity index is 1.74. The van der Waals surface area contributed by atoms with Gasteiger partial charge in [0.15, 0.2) is 0 Å². The second-order valence-corrected chi connectivity index (χ2v) is 8.70. The third kappa shape index (κ3) is 3.53. The van der Waals surface area contributed by atoms with E-state index in [0.29, 0.717) is 23.0 Å². The minimum atomic E-state index is -0.741. The van der Waals surface area contributed by atoms with Gasteiger partial charge < -0.3 is 19.1 Å². The van der Waals surface area contributed by atoms with Gasteiger partial charge in [-0.25, -0.2) is 0 Å². The van der Waals surface area contributed by atoms with Crippen LogP contribution in [0.5, 0.6) is 11.5 Å². The molecular weight excluding hydrogens is 384 g/mol. The predicted octanol–water partition coefficient (Wildman–Crippen LogP) is 3.07. The van der Waals surface area contributed by atoms with Gasteiger partial charge in [0.25, 0.3) is 5.91 Å². The van der Waals surface area contributed by atoms with E-state index in [1.807, 2.05) is 4.90 Å². The lowest BCUT2D eigenvalue weighted by atomic mass is 9.83. The first kappa shape index (κ1) is 21.0. The topological polar surface area (TPSA) is 68.3 Å². The Morgan fingerprint density at radius 3 is 2.23 bits per heavy atom. The highest BCUT2D eigenvalue weighted by atomic mass is 16.5. The van der Waals surface area contributed by atoms with Crippen LogP contribution in [0.15, 0.2) is 18.2 Å². The summed E-state index contributed by atoms with van der Waals surface area (Å²) in [7, 11) is 3.08. The van der Waals surface area contributed by atoms with Crippen molar-refractivity contribution in [2.24, 2.45) is 5.92 Å². The number of carbonyl (C=O) groups excluding carboxylic acids is 2. The van der Waals surface area contributed by atoms with Gasteiger partial charge in [-0.15, -0.1) is 0 Å². The molecule has 2 aliphatic heterocycles. The first-order valence-electron chi connectivity index (χ1n) is 11.0. The molecule has 1 aromatic carbocycles. The second kappa shape index (κ2) is 8.46. The fraction of sp³-hybridized carbons (Fsp3) is 0.652. The summed E-state index contributed by atoms with van der Waals surface area (Å²) in [5.74, 6) is 1.21. The van der Waals surface area contributed by atoms with Gasteiger partial charge in [-0.1, -0.05) is 13.0 Å². The summed E-state index contributed by atoms with van der Waals surface area (Å²) >= 11 is 0. The Kier molecular flexibility index (Phi) is 5.91. The Morgan fingerprint density at radius 2 is 1.67 bits per heavy atom. The van der Waals surface area contributed by atoms with Crippen molar-refractivity contribution in [2.45, 2.75) is 57.2 Å². The van der Waals surface area contributed by atoms with Crippen LogP contribution < -0.4 is 9.47 Å². The lowest BCUT2D eigenvalue weighted by Gasteiger charge is -2.43. The van der Waals surface area contributed by atoms with Gasteiger partial charge >= 0.3 is 0 Å². The van der Waals surface area contributed by atoms with E-state index < -0.39 is 11.8 Å². The molecule has 3 aliphatic rings. The maximum absolute atomic E-state index is 14.0. The molecule has 1 spiro atoms. The predicted molar refractivity (Wildman–Crippen MR) is 112 cm³/mol. The summed E-state index contributed by atoms with van der Waals surface area (Å²) in [6.07, 6.45) is 5.43. The molecule has 2 amide bonds. The maximum Gasteiger partial charge on any atom is 0.264 e. The highest BCUT2D eigenvalue weighted by Crippen LogP contribution is 2.45. The Bertz CT molecular complexity index is 775. The van der Waals surface area contributed by atoms with Crippen molar-refractivity contribution >= 4 is 11.8 Å². The molecule has 1 saturated carbocycles. The molecular formula is C23H32N2O5. The summed E-state index contributed by atoms with van der Waals surface area (Å²) in [4.78, 5) is 31.0. The zero-order valence-corrected chi connectivity index (χ0v) is 18.2. The zero-order valence-electron chi connectivity index (χ0n) is 18.2. The van der Waals surface area contributed by atoms with E-state index in [1.54, 1.807) is 23.1 Å². The van der Waals surface area contributed by atoms with Gasteiger partial charge in [-0.2, -0.15) is 0 Å². The van der Waals surface area contributed by atoms with Crippen LogP contribution in [0.3, 0.4) is 0 Å². The van der Waals surface area contributed by atoms with E-state index in [0.717, 1.165) is 51.6 Å². The molecule has 0 unspecified atom stereocenters. The molecule has 0 N–H and O–H groups in total. The number of hydrogen-bond acceptors (Lipinski definition) is 5. The highest BCUT2D eigenvalue weighted by molar-refractivity contribution is 6.02. The van der Waals surface area contributed by atoms with Gasteiger partial charge in [0.2, 0.25) is 5.91 Å². The summed E-state index contributed by atoms with van der Waals surface area (Å²) < 4.78 is 17.3. The van der Waals surface area contributed by atoms with Gasteiger partial charge in [0, 0.05) is 13.1 Å². The van der Waals surface area contributed by atoms with Crippen LogP contribution in [0, 0.1) is 5.92 Å². The van der Waals surface area contributed by atoms with E-state index in [4.69, 9.17) is 14.2 Å². The molecule has 7 nitrogen and oxygen atoms in total. The highest BCUT2D eigenvalue weighted by Gasteiger charge is 2.55. The molecule has 2 heterocycles. The number of benzene rings is 1. The minimum Gasteiger partial charge on any atom is -0.496 e. The van der Waals surface area contributed by atoms with Crippen LogP contribution in [0.25, 0.3) is 0 Å². The number of amides is 2. The average Bonchev–Trinajstić information content (AvgIpc) is 3.43. The molecule has 7 heteroatoms. The smallest absolute Gasteiger partial charge is 0.264 e. The van der Waals surface area contributed by atoms with Crippen LogP contribution in [-0.4, -0.2) is 67.3 Å². The molecule has 30 heavy (non-hydrogen) atoms. The van der Waals surface area contributed by atoms with Crippen molar-refractivity contribution in [1.82, 2.24) is 9.80 Å². The molecule has 1 atom stereocenters. The Labute approximate surface area is 178 Å². The fourth-order valence-corrected chi connectivity index (χ4v) is 5.10. The molecule has 1 aromatic rings. The molecule has 164 valence electrons. The van der Waals surface area contributed by atoms with Crippen molar-refractivity contribution in [3.8, 4) is 11.5 Å². The van der Waals surface area contributed by atoms with Crippen molar-refractivity contribution in [3.05, 3.63) is 23.8 Å². The summed E-state index contributed by atoms with van der Waals surface area (Å²) in [6, 6.07) is 4.68. The SMILES string of the molecule is COc1cccc(OC)c1C(=O)N1[C@@H](C(=O)N2CCCC2)COC12CCC(C)CC2. The first-order chi connectivity index (χ1) is 14.5. The Morgan fingerprint density at radius 1 is 1.07 bits per heavy atom. The molecule has 0 aromatic heterocycles. The largest absolute Gasteiger partial charge is 0.496 e. The normalized spacial score (nSPS) is 28.8. The molecule has 2 saturated heterocycles. The number of carbonyl (C=O) groups is 2. The quantitative estimate of drug-likeness (QED) is 0.755. The zero-order chi connectivity index (χ0) is 21.3. The van der Waals surface area contributed by atoms with E-state index in [1.165, 1.54) is 14.2 Å². The number of ether oxygens (including phenoxy) is 3. The van der Waals surface area contributed by atoms with Crippen LogP contribution in [0.2, 0.25) is 0 Å². The first-order valence-corrected chi connectivity index (χ1v) is 11.0. The molecule has 4 rings (SSSR count). The number of likely N-dealkylation sites (tertiary alicyclic amines) is 1. The minimum absolute atomic E-state index is 0.00906. The molecule has 1 aliphatic carbocycles. The van der Waals surface area contributed by atoms with Crippen molar-refractivity contribution in [1.29, 1.82) is 0 Å². The summed E-state index contributed by atoms with van der Waals surface area (Å²) in [5, 5.41) is 0. The van der Waals surface area contributed by atoms with Crippen molar-refractivity contribution < 1.29 is 23.8 Å². The van der Waals surface area contributed by atoms with E-state index in [9.17, 15) is 9.59 Å². The third-order valence-electron chi connectivity index (χ3n) is 6.88. The molecule has 0 radical (unpaired) electrons. The van der Waals surface area contributed by atoms with Crippen molar-refractivity contribution in [3.63, 3.8) is 0 Å². The molecule has 3 fully saturated rings. The van der Waals surface area contributed by atoms with Crippen LogP contribution in [-0.2, 0) is 9.53 Å². The monoisotopic (exact) mass is 416 g/mol. The maximum atomic E-state index is 14.0. The summed E-state index contributed by atoms with van der Waals surface area (Å²) in [5.41, 5.74) is -0.389. The number of hydrogen-bond donors (Lipinski definition) is 0. The van der Waals surface area contributed by atoms with Crippen molar-refractivity contribution in [2.75, 3.05) is 33.9 Å². The van der Waals surface area contributed by atoms with Gasteiger partial charge in [-0.05, 0) is 56.6 Å². The van der Waals surface area contributed by atoms with E-state index in [2.05, 4.69) is 6.92 Å². The third-order valence-corrected chi connectivity index (χ3v) is 6.88. The van der Waals surface area contributed by atoms with Crippen LogP contribution >= 0.6 is 0 Å². The lowest BCUT2D eigenvalue weighted by Crippen LogP contribution is -2.57. The standard InChI is InChI=1S/C23H32N2O5/c1-16-9-11-23(12-10-16)25(17(15-30-23)21(26)24-13-4-5-14-24)22(27)20-18(28-2)7-6-8-19(20)29-3/h6-8,16-17H,4-5,9-15H2,1-3H3/t16?,17-,23?/m1/s1. The average molecular weight is 417 g/mol. The van der Waals surface area contributed by atoms with Gasteiger partial charge in [-0.3, -0.25) is 14.5 Å². The summed E-state index contributed by atoms with van der Waals surface area (Å²) in [6.45, 7) is 3.97. The van der Waals surface area contributed by atoms with Crippen LogP contribution in [0.1, 0.15) is 55.8 Å². The van der Waals surface area contributed by atoms with E-state index in [-0.39, 0.29) is 18.4 Å². The number of rotatable bonds is 4. The molecule has 0 bridgehead atoms. The van der Waals surface area contributed by atoms with Gasteiger partial charge in [0.1, 0.15) is 28.8 Å².